The lowest BCUT2D eigenvalue weighted by Crippen LogP contribution is -2.30. The van der Waals surface area contributed by atoms with Gasteiger partial charge in [0.1, 0.15) is 5.75 Å². The summed E-state index contributed by atoms with van der Waals surface area (Å²) >= 11 is 0. The molecule has 0 radical (unpaired) electrons. The van der Waals surface area contributed by atoms with E-state index in [0.717, 1.165) is 24.1 Å². The molecule has 0 saturated heterocycles. The van der Waals surface area contributed by atoms with Crippen LogP contribution in [-0.2, 0) is 4.79 Å². The molecular formula is C18H21NO2. The molecule has 110 valence electrons. The van der Waals surface area contributed by atoms with Crippen molar-refractivity contribution >= 4 is 5.97 Å². The Bertz CT molecular complexity index is 604. The van der Waals surface area contributed by atoms with E-state index in [0.29, 0.717) is 5.75 Å². The molecule has 0 aliphatic carbocycles. The summed E-state index contributed by atoms with van der Waals surface area (Å²) in [7, 11) is 0. The molecule has 3 heteroatoms. The molecule has 0 aliphatic heterocycles. The summed E-state index contributed by atoms with van der Waals surface area (Å²) in [4.78, 5) is 16.6. The van der Waals surface area contributed by atoms with Crippen LogP contribution in [0.4, 0.5) is 0 Å². The molecule has 0 spiro atoms. The largest absolute Gasteiger partial charge is 0.426 e. The second-order valence-corrected chi connectivity index (χ2v) is 5.40. The van der Waals surface area contributed by atoms with E-state index < -0.39 is 5.41 Å². The standard InChI is InChI=1S/C18H21NO2/c1-4-18(3,5-2)17(20)21-15-10-8-9-14(13-15)16-11-6-7-12-19-16/h6-13H,4-5H2,1-3H3. The van der Waals surface area contributed by atoms with Gasteiger partial charge in [-0.2, -0.15) is 0 Å². The second-order valence-electron chi connectivity index (χ2n) is 5.40. The predicted molar refractivity (Wildman–Crippen MR) is 84.0 cm³/mol. The van der Waals surface area contributed by atoms with Gasteiger partial charge in [0, 0.05) is 11.8 Å². The first-order chi connectivity index (χ1) is 10.1. The van der Waals surface area contributed by atoms with Gasteiger partial charge in [-0.3, -0.25) is 9.78 Å². The Hall–Kier alpha value is -2.16. The number of aromatic nitrogens is 1. The average Bonchev–Trinajstić information content (AvgIpc) is 2.55. The number of carbonyl (C=O) groups excluding carboxylic acids is 1. The maximum absolute atomic E-state index is 12.3. The van der Waals surface area contributed by atoms with E-state index in [1.807, 2.05) is 57.2 Å². The normalized spacial score (nSPS) is 11.2. The molecule has 0 unspecified atom stereocenters. The molecule has 0 aliphatic rings. The number of benzene rings is 1. The maximum Gasteiger partial charge on any atom is 0.317 e. The van der Waals surface area contributed by atoms with Crippen molar-refractivity contribution in [1.29, 1.82) is 0 Å². The highest BCUT2D eigenvalue weighted by Gasteiger charge is 2.31. The Morgan fingerprint density at radius 1 is 1.14 bits per heavy atom. The van der Waals surface area contributed by atoms with Crippen molar-refractivity contribution in [2.24, 2.45) is 5.41 Å². The molecule has 2 aromatic rings. The highest BCUT2D eigenvalue weighted by molar-refractivity contribution is 5.79. The van der Waals surface area contributed by atoms with Gasteiger partial charge >= 0.3 is 5.97 Å². The zero-order valence-electron chi connectivity index (χ0n) is 12.8. The number of carbonyl (C=O) groups is 1. The first-order valence-electron chi connectivity index (χ1n) is 7.33. The summed E-state index contributed by atoms with van der Waals surface area (Å²) in [6.07, 6.45) is 3.28. The van der Waals surface area contributed by atoms with Crippen molar-refractivity contribution in [3.8, 4) is 17.0 Å². The van der Waals surface area contributed by atoms with E-state index >= 15 is 0 Å². The number of nitrogens with zero attached hydrogens (tertiary/aromatic N) is 1. The third-order valence-corrected chi connectivity index (χ3v) is 4.06. The average molecular weight is 283 g/mol. The van der Waals surface area contributed by atoms with Crippen LogP contribution < -0.4 is 4.74 Å². The monoisotopic (exact) mass is 283 g/mol. The Morgan fingerprint density at radius 3 is 2.52 bits per heavy atom. The van der Waals surface area contributed by atoms with Crippen LogP contribution >= 0.6 is 0 Å². The van der Waals surface area contributed by atoms with Crippen LogP contribution in [0, 0.1) is 5.41 Å². The van der Waals surface area contributed by atoms with Crippen LogP contribution in [0.1, 0.15) is 33.6 Å². The van der Waals surface area contributed by atoms with E-state index in [4.69, 9.17) is 4.74 Å². The number of hydrogen-bond donors (Lipinski definition) is 0. The summed E-state index contributed by atoms with van der Waals surface area (Å²) < 4.78 is 5.56. The highest BCUT2D eigenvalue weighted by atomic mass is 16.5. The summed E-state index contributed by atoms with van der Waals surface area (Å²) in [5, 5.41) is 0. The van der Waals surface area contributed by atoms with Crippen molar-refractivity contribution in [2.45, 2.75) is 33.6 Å². The van der Waals surface area contributed by atoms with Crippen molar-refractivity contribution in [2.75, 3.05) is 0 Å². The second kappa shape index (κ2) is 6.53. The van der Waals surface area contributed by atoms with Crippen LogP contribution in [0.15, 0.2) is 48.7 Å². The smallest absolute Gasteiger partial charge is 0.317 e. The van der Waals surface area contributed by atoms with Crippen LogP contribution in [0.25, 0.3) is 11.3 Å². The fourth-order valence-corrected chi connectivity index (χ4v) is 2.02. The van der Waals surface area contributed by atoms with E-state index in [9.17, 15) is 4.79 Å². The number of esters is 1. The maximum atomic E-state index is 12.3. The number of rotatable bonds is 5. The number of pyridine rings is 1. The van der Waals surface area contributed by atoms with E-state index in [1.165, 1.54) is 0 Å². The zero-order valence-corrected chi connectivity index (χ0v) is 12.8. The molecular weight excluding hydrogens is 262 g/mol. The lowest BCUT2D eigenvalue weighted by atomic mass is 9.85. The van der Waals surface area contributed by atoms with Crippen molar-refractivity contribution < 1.29 is 9.53 Å². The van der Waals surface area contributed by atoms with Crippen molar-refractivity contribution in [3.05, 3.63) is 48.7 Å². The van der Waals surface area contributed by atoms with Gasteiger partial charge in [-0.15, -0.1) is 0 Å². The Morgan fingerprint density at radius 2 is 1.90 bits per heavy atom. The van der Waals surface area contributed by atoms with Crippen LogP contribution in [0.5, 0.6) is 5.75 Å². The Kier molecular flexibility index (Phi) is 4.73. The van der Waals surface area contributed by atoms with Gasteiger partial charge < -0.3 is 4.74 Å². The first-order valence-corrected chi connectivity index (χ1v) is 7.33. The third-order valence-electron chi connectivity index (χ3n) is 4.06. The van der Waals surface area contributed by atoms with Crippen molar-refractivity contribution in [1.82, 2.24) is 4.98 Å². The lowest BCUT2D eigenvalue weighted by Gasteiger charge is -2.23. The summed E-state index contributed by atoms with van der Waals surface area (Å²) in [6, 6.07) is 13.2. The minimum absolute atomic E-state index is 0.175. The zero-order chi connectivity index (χ0) is 15.3. The fourth-order valence-electron chi connectivity index (χ4n) is 2.02. The molecule has 0 bridgehead atoms. The van der Waals surface area contributed by atoms with E-state index in [1.54, 1.807) is 12.3 Å². The van der Waals surface area contributed by atoms with Crippen LogP contribution in [-0.4, -0.2) is 11.0 Å². The molecule has 2 rings (SSSR count). The minimum atomic E-state index is -0.430. The summed E-state index contributed by atoms with van der Waals surface area (Å²) in [5.74, 6) is 0.391. The van der Waals surface area contributed by atoms with Gasteiger partial charge in [0.05, 0.1) is 11.1 Å². The quantitative estimate of drug-likeness (QED) is 0.600. The molecule has 1 aromatic carbocycles. The van der Waals surface area contributed by atoms with Gasteiger partial charge in [-0.25, -0.2) is 0 Å². The topological polar surface area (TPSA) is 39.2 Å². The molecule has 3 nitrogen and oxygen atoms in total. The molecule has 0 N–H and O–H groups in total. The number of ether oxygens (including phenoxy) is 1. The molecule has 0 saturated carbocycles. The van der Waals surface area contributed by atoms with Gasteiger partial charge in [-0.1, -0.05) is 32.0 Å². The van der Waals surface area contributed by atoms with Gasteiger partial charge in [0.15, 0.2) is 0 Å². The van der Waals surface area contributed by atoms with Crippen molar-refractivity contribution in [3.63, 3.8) is 0 Å². The third kappa shape index (κ3) is 3.48. The molecule has 0 fully saturated rings. The summed E-state index contributed by atoms with van der Waals surface area (Å²) in [6.45, 7) is 5.96. The highest BCUT2D eigenvalue weighted by Crippen LogP contribution is 2.29. The van der Waals surface area contributed by atoms with Gasteiger partial charge in [0.2, 0.25) is 0 Å². The van der Waals surface area contributed by atoms with E-state index in [2.05, 4.69) is 4.98 Å². The Labute approximate surface area is 126 Å². The lowest BCUT2D eigenvalue weighted by molar-refractivity contribution is -0.145. The first kappa shape index (κ1) is 15.2. The molecule has 21 heavy (non-hydrogen) atoms. The molecule has 0 atom stereocenters. The number of hydrogen-bond acceptors (Lipinski definition) is 3. The predicted octanol–water partition coefficient (Wildman–Crippen LogP) is 4.48. The minimum Gasteiger partial charge on any atom is -0.426 e. The molecule has 0 amide bonds. The van der Waals surface area contributed by atoms with Gasteiger partial charge in [0.25, 0.3) is 0 Å². The van der Waals surface area contributed by atoms with Crippen LogP contribution in [0.3, 0.4) is 0 Å². The SMILES string of the molecule is CCC(C)(CC)C(=O)Oc1cccc(-c2ccccn2)c1. The molecule has 1 aromatic heterocycles. The van der Waals surface area contributed by atoms with E-state index in [-0.39, 0.29) is 5.97 Å². The Balaban J connectivity index is 2.21. The van der Waals surface area contributed by atoms with Gasteiger partial charge in [-0.05, 0) is 44.0 Å². The van der Waals surface area contributed by atoms with Crippen LogP contribution in [0.2, 0.25) is 0 Å². The fraction of sp³-hybridized carbons (Fsp3) is 0.333. The summed E-state index contributed by atoms with van der Waals surface area (Å²) in [5.41, 5.74) is 1.38. The molecule has 1 heterocycles.